The molecule has 0 fully saturated rings. The summed E-state index contributed by atoms with van der Waals surface area (Å²) in [6.45, 7) is -0.0258. The van der Waals surface area contributed by atoms with Crippen LogP contribution in [0.4, 0.5) is 11.4 Å². The quantitative estimate of drug-likeness (QED) is 0.279. The smallest absolute Gasteiger partial charge is 0.246 e. The fourth-order valence-corrected chi connectivity index (χ4v) is 3.85. The molecule has 10 heteroatoms. The zero-order valence-electron chi connectivity index (χ0n) is 18.7. The molecule has 3 aromatic carbocycles. The normalized spacial score (nSPS) is 13.0. The molecule has 0 aliphatic heterocycles. The van der Waals surface area contributed by atoms with Gasteiger partial charge in [0.1, 0.15) is 17.5 Å². The monoisotopic (exact) mass is 485 g/mol. The van der Waals surface area contributed by atoms with Crippen LogP contribution in [0.1, 0.15) is 23.3 Å². The minimum absolute atomic E-state index is 0.0258. The Labute approximate surface area is 198 Å². The van der Waals surface area contributed by atoms with E-state index in [2.05, 4.69) is 15.4 Å². The topological polar surface area (TPSA) is 137 Å². The molecule has 5 N–H and O–H groups in total. The van der Waals surface area contributed by atoms with Crippen molar-refractivity contribution in [1.82, 2.24) is 5.32 Å². The molecule has 1 unspecified atom stereocenters. The van der Waals surface area contributed by atoms with Crippen LogP contribution < -0.4 is 20.1 Å². The Morgan fingerprint density at radius 3 is 2.26 bits per heavy atom. The lowest BCUT2D eigenvalue weighted by molar-refractivity contribution is -0.118. The molecule has 3 aromatic rings. The van der Waals surface area contributed by atoms with Crippen LogP contribution in [0, 0.1) is 0 Å². The van der Waals surface area contributed by atoms with E-state index in [1.165, 1.54) is 18.2 Å². The number of anilines is 2. The van der Waals surface area contributed by atoms with E-state index in [4.69, 9.17) is 4.74 Å². The van der Waals surface area contributed by atoms with E-state index in [1.807, 2.05) is 18.2 Å². The van der Waals surface area contributed by atoms with Crippen molar-refractivity contribution < 1.29 is 28.2 Å². The first-order valence-electron chi connectivity index (χ1n) is 10.4. The maximum Gasteiger partial charge on any atom is 0.246 e. The van der Waals surface area contributed by atoms with Gasteiger partial charge in [-0.05, 0) is 47.5 Å². The molecule has 9 nitrogen and oxygen atoms in total. The summed E-state index contributed by atoms with van der Waals surface area (Å²) in [7, 11) is -2.07. The van der Waals surface area contributed by atoms with Gasteiger partial charge in [0, 0.05) is 12.2 Å². The van der Waals surface area contributed by atoms with E-state index in [0.717, 1.165) is 6.26 Å². The Hall–Kier alpha value is -3.60. The fraction of sp³-hybridized carbons (Fsp3) is 0.208. The summed E-state index contributed by atoms with van der Waals surface area (Å²) < 4.78 is 30.4. The molecule has 34 heavy (non-hydrogen) atoms. The first kappa shape index (κ1) is 25.0. The third-order valence-electron chi connectivity index (χ3n) is 4.97. The molecule has 3 rings (SSSR count). The minimum Gasteiger partial charge on any atom is -0.506 e. The van der Waals surface area contributed by atoms with Gasteiger partial charge in [-0.15, -0.1) is 0 Å². The first-order chi connectivity index (χ1) is 16.2. The summed E-state index contributed by atoms with van der Waals surface area (Å²) >= 11 is 0. The summed E-state index contributed by atoms with van der Waals surface area (Å²) in [6, 6.07) is 19.3. The first-order valence-corrected chi connectivity index (χ1v) is 12.3. The van der Waals surface area contributed by atoms with Gasteiger partial charge in [-0.25, -0.2) is 8.42 Å². The van der Waals surface area contributed by atoms with Crippen molar-refractivity contribution in [3.05, 3.63) is 83.9 Å². The van der Waals surface area contributed by atoms with Gasteiger partial charge in [-0.2, -0.15) is 0 Å². The molecule has 0 heterocycles. The number of para-hydroxylation sites is 1. The zero-order chi connectivity index (χ0) is 24.7. The number of aromatic hydroxyl groups is 1. The van der Waals surface area contributed by atoms with Gasteiger partial charge in [0.2, 0.25) is 15.9 Å². The lowest BCUT2D eigenvalue weighted by Crippen LogP contribution is -2.35. The maximum atomic E-state index is 13.1. The van der Waals surface area contributed by atoms with E-state index < -0.39 is 22.2 Å². The van der Waals surface area contributed by atoms with Crippen LogP contribution >= 0.6 is 0 Å². The molecule has 2 atom stereocenters. The molecule has 0 bridgehead atoms. The van der Waals surface area contributed by atoms with Crippen molar-refractivity contribution >= 4 is 27.3 Å². The summed E-state index contributed by atoms with van der Waals surface area (Å²) in [6.07, 6.45) is -0.131. The molecule has 0 radical (unpaired) electrons. The van der Waals surface area contributed by atoms with Crippen molar-refractivity contribution in [2.24, 2.45) is 0 Å². The van der Waals surface area contributed by atoms with Crippen LogP contribution in [0.2, 0.25) is 0 Å². The van der Waals surface area contributed by atoms with E-state index >= 15 is 0 Å². The van der Waals surface area contributed by atoms with Crippen molar-refractivity contribution in [2.75, 3.05) is 29.9 Å². The lowest BCUT2D eigenvalue weighted by atomic mass is 10.0. The number of benzene rings is 3. The Bertz CT molecular complexity index is 1220. The number of hydrogen-bond donors (Lipinski definition) is 5. The number of ether oxygens (including phenoxy) is 1. The van der Waals surface area contributed by atoms with Gasteiger partial charge in [0.25, 0.3) is 0 Å². The number of nitrogens with one attached hydrogen (secondary N) is 3. The number of carbonyl (C=O) groups is 1. The predicted octanol–water partition coefficient (Wildman–Crippen LogP) is 2.78. The number of aliphatic hydroxyl groups excluding tert-OH is 1. The number of hydrogen-bond acceptors (Lipinski definition) is 7. The highest BCUT2D eigenvalue weighted by Crippen LogP contribution is 2.28. The number of methoxy groups -OCH3 is 1. The Kier molecular flexibility index (Phi) is 8.11. The van der Waals surface area contributed by atoms with E-state index in [1.54, 1.807) is 43.5 Å². The molecule has 0 aliphatic rings. The molecule has 1 amide bonds. The van der Waals surface area contributed by atoms with Crippen molar-refractivity contribution in [2.45, 2.75) is 12.1 Å². The van der Waals surface area contributed by atoms with Gasteiger partial charge in [0.05, 0.1) is 25.2 Å². The second-order valence-electron chi connectivity index (χ2n) is 7.64. The summed E-state index contributed by atoms with van der Waals surface area (Å²) in [5.74, 6) is 0.0439. The standard InChI is InChI=1S/C24H27N3O6S/c1-33-19-11-8-16(9-12-19)23(24(30)26-18-6-4-3-5-7-18)25-15-22(29)17-10-13-21(28)20(14-17)27-34(2,31)32/h3-14,22-23,25,27-29H,15H2,1-2H3,(H,26,30)/t22-,23?/m0/s1. The van der Waals surface area contributed by atoms with Gasteiger partial charge in [-0.1, -0.05) is 36.4 Å². The second kappa shape index (κ2) is 11.0. The van der Waals surface area contributed by atoms with Crippen molar-refractivity contribution in [1.29, 1.82) is 0 Å². The molecule has 0 spiro atoms. The van der Waals surface area contributed by atoms with Gasteiger partial charge < -0.3 is 20.3 Å². The third kappa shape index (κ3) is 6.95. The largest absolute Gasteiger partial charge is 0.506 e. The summed E-state index contributed by atoms with van der Waals surface area (Å²) in [5, 5.41) is 26.5. The number of phenols is 1. The molecule has 0 aliphatic carbocycles. The van der Waals surface area contributed by atoms with E-state index in [-0.39, 0.29) is 23.9 Å². The number of aliphatic hydroxyl groups is 1. The highest BCUT2D eigenvalue weighted by molar-refractivity contribution is 7.92. The average molecular weight is 486 g/mol. The third-order valence-corrected chi connectivity index (χ3v) is 5.56. The van der Waals surface area contributed by atoms with E-state index in [0.29, 0.717) is 22.6 Å². The molecular weight excluding hydrogens is 458 g/mol. The molecular formula is C24H27N3O6S. The lowest BCUT2D eigenvalue weighted by Gasteiger charge is -2.22. The van der Waals surface area contributed by atoms with Crippen molar-refractivity contribution in [3.8, 4) is 11.5 Å². The summed E-state index contributed by atoms with van der Waals surface area (Å²) in [5.41, 5.74) is 1.59. The summed E-state index contributed by atoms with van der Waals surface area (Å²) in [4.78, 5) is 13.1. The van der Waals surface area contributed by atoms with Crippen molar-refractivity contribution in [3.63, 3.8) is 0 Å². The molecule has 0 saturated carbocycles. The number of phenolic OH excluding ortho intramolecular Hbond substituents is 1. The number of carbonyl (C=O) groups excluding carboxylic acids is 1. The number of amides is 1. The minimum atomic E-state index is -3.62. The fourth-order valence-electron chi connectivity index (χ4n) is 3.28. The average Bonchev–Trinajstić information content (AvgIpc) is 2.80. The van der Waals surface area contributed by atoms with Crippen LogP contribution in [0.15, 0.2) is 72.8 Å². The Balaban J connectivity index is 1.79. The molecule has 0 aromatic heterocycles. The van der Waals surface area contributed by atoms with Gasteiger partial charge >= 0.3 is 0 Å². The van der Waals surface area contributed by atoms with Crippen LogP contribution in [0.3, 0.4) is 0 Å². The molecule has 180 valence electrons. The zero-order valence-corrected chi connectivity index (χ0v) is 19.5. The highest BCUT2D eigenvalue weighted by Gasteiger charge is 2.22. The number of sulfonamides is 1. The van der Waals surface area contributed by atoms with E-state index in [9.17, 15) is 23.4 Å². The molecule has 0 saturated heterocycles. The Morgan fingerprint density at radius 2 is 1.65 bits per heavy atom. The van der Waals surface area contributed by atoms with Gasteiger partial charge in [0.15, 0.2) is 0 Å². The van der Waals surface area contributed by atoms with Crippen LogP contribution in [-0.4, -0.2) is 44.4 Å². The van der Waals surface area contributed by atoms with Gasteiger partial charge in [-0.3, -0.25) is 14.8 Å². The SMILES string of the molecule is COc1ccc(C(NC[C@H](O)c2ccc(O)c(NS(C)(=O)=O)c2)C(=O)Nc2ccccc2)cc1. The van der Waals surface area contributed by atoms with Crippen LogP contribution in [0.5, 0.6) is 11.5 Å². The van der Waals surface area contributed by atoms with Crippen LogP contribution in [-0.2, 0) is 14.8 Å². The maximum absolute atomic E-state index is 13.1. The number of rotatable bonds is 10. The predicted molar refractivity (Wildman–Crippen MR) is 130 cm³/mol. The van der Waals surface area contributed by atoms with Crippen LogP contribution in [0.25, 0.3) is 0 Å². The second-order valence-corrected chi connectivity index (χ2v) is 9.38. The highest BCUT2D eigenvalue weighted by atomic mass is 32.2. The Morgan fingerprint density at radius 1 is 1.00 bits per heavy atom.